The highest BCUT2D eigenvalue weighted by atomic mass is 31.2. The minimum Gasteiger partial charge on any atom is -0.357 e. The molecular formula is C25H35N2O4P. The smallest absolute Gasteiger partial charge is 0.242 e. The van der Waals surface area contributed by atoms with Gasteiger partial charge in [0.25, 0.3) is 0 Å². The number of nitrogens with one attached hydrogen (secondary N) is 2. The lowest BCUT2D eigenvalue weighted by Gasteiger charge is -2.31. The molecule has 6 nitrogen and oxygen atoms in total. The van der Waals surface area contributed by atoms with E-state index in [2.05, 4.69) is 10.6 Å². The number of carbonyl (C=O) groups is 2. The third-order valence-corrected chi connectivity index (χ3v) is 7.31. The van der Waals surface area contributed by atoms with Gasteiger partial charge in [-0.25, -0.2) is 0 Å². The van der Waals surface area contributed by atoms with E-state index < -0.39 is 24.7 Å². The first-order valence-corrected chi connectivity index (χ1v) is 13.0. The van der Waals surface area contributed by atoms with Gasteiger partial charge >= 0.3 is 0 Å². The third-order valence-electron chi connectivity index (χ3n) is 5.43. The number of benzene rings is 2. The lowest BCUT2D eigenvalue weighted by molar-refractivity contribution is -0.133. The molecule has 0 saturated carbocycles. The van der Waals surface area contributed by atoms with Crippen LogP contribution in [0.3, 0.4) is 0 Å². The Bertz CT molecular complexity index is 926. The Hall–Kier alpha value is -2.43. The van der Waals surface area contributed by atoms with Crippen LogP contribution >= 0.6 is 7.37 Å². The summed E-state index contributed by atoms with van der Waals surface area (Å²) in [6.07, 6.45) is 0.899. The van der Waals surface area contributed by atoms with E-state index in [1.54, 1.807) is 0 Å². The lowest BCUT2D eigenvalue weighted by atomic mass is 9.85. The van der Waals surface area contributed by atoms with E-state index >= 15 is 0 Å². The van der Waals surface area contributed by atoms with Crippen molar-refractivity contribution in [2.24, 2.45) is 11.3 Å². The molecule has 0 heterocycles. The molecule has 2 unspecified atom stereocenters. The van der Waals surface area contributed by atoms with E-state index in [-0.39, 0.29) is 24.1 Å². The Kier molecular flexibility index (Phi) is 9.23. The molecule has 0 radical (unpaired) electrons. The molecule has 0 aromatic heterocycles. The maximum absolute atomic E-state index is 13.2. The monoisotopic (exact) mass is 458 g/mol. The molecule has 2 amide bonds. The van der Waals surface area contributed by atoms with Crippen molar-refractivity contribution in [3.8, 4) is 0 Å². The first kappa shape index (κ1) is 25.8. The van der Waals surface area contributed by atoms with Crippen molar-refractivity contribution in [3.05, 3.63) is 71.8 Å². The van der Waals surface area contributed by atoms with Crippen molar-refractivity contribution in [2.75, 3.05) is 13.2 Å². The maximum atomic E-state index is 13.2. The molecule has 3 atom stereocenters. The van der Waals surface area contributed by atoms with Crippen molar-refractivity contribution in [1.82, 2.24) is 10.6 Å². The Balaban J connectivity index is 2.21. The van der Waals surface area contributed by atoms with Crippen molar-refractivity contribution in [1.29, 1.82) is 0 Å². The fraction of sp³-hybridized carbons (Fsp3) is 0.440. The fourth-order valence-corrected chi connectivity index (χ4v) is 5.60. The van der Waals surface area contributed by atoms with Crippen LogP contribution in [0.4, 0.5) is 0 Å². The molecular weight excluding hydrogens is 423 g/mol. The fourth-order valence-electron chi connectivity index (χ4n) is 3.65. The Morgan fingerprint density at radius 3 is 1.97 bits per heavy atom. The first-order chi connectivity index (χ1) is 15.0. The molecule has 7 heteroatoms. The molecule has 3 N–H and O–H groups in total. The zero-order chi connectivity index (χ0) is 23.8. The van der Waals surface area contributed by atoms with Crippen LogP contribution in [-0.4, -0.2) is 36.0 Å². The average molecular weight is 459 g/mol. The summed E-state index contributed by atoms with van der Waals surface area (Å²) < 4.78 is 13.1. The minimum absolute atomic E-state index is 0.0150. The highest BCUT2D eigenvalue weighted by Crippen LogP contribution is 2.47. The van der Waals surface area contributed by atoms with Gasteiger partial charge in [0.1, 0.15) is 6.04 Å². The van der Waals surface area contributed by atoms with Crippen LogP contribution in [0.5, 0.6) is 0 Å². The van der Waals surface area contributed by atoms with Crippen molar-refractivity contribution in [2.45, 2.75) is 45.8 Å². The topological polar surface area (TPSA) is 95.5 Å². The summed E-state index contributed by atoms with van der Waals surface area (Å²) in [6.45, 7) is 5.62. The van der Waals surface area contributed by atoms with Crippen LogP contribution in [0, 0.1) is 11.3 Å². The molecule has 0 aliphatic carbocycles. The van der Waals surface area contributed by atoms with Gasteiger partial charge in [-0.2, -0.15) is 0 Å². The van der Waals surface area contributed by atoms with Gasteiger partial charge in [-0.15, -0.1) is 0 Å². The Morgan fingerprint density at radius 1 is 0.938 bits per heavy atom. The van der Waals surface area contributed by atoms with Gasteiger partial charge in [0.15, 0.2) is 0 Å². The summed E-state index contributed by atoms with van der Waals surface area (Å²) in [6, 6.07) is 18.1. The first-order valence-electron chi connectivity index (χ1n) is 10.9. The summed E-state index contributed by atoms with van der Waals surface area (Å²) in [5.41, 5.74) is 1.31. The SMILES string of the molecule is CNC(=O)[C@H](NC(=O)C(CCc1ccccc1)CP(=O)(O)Cc1ccccc1)C(C)(C)C. The van der Waals surface area contributed by atoms with Crippen LogP contribution in [0.1, 0.15) is 38.3 Å². The summed E-state index contributed by atoms with van der Waals surface area (Å²) in [4.78, 5) is 36.4. The van der Waals surface area contributed by atoms with E-state index in [9.17, 15) is 19.0 Å². The van der Waals surface area contributed by atoms with Gasteiger partial charge in [-0.1, -0.05) is 81.4 Å². The number of rotatable bonds is 10. The van der Waals surface area contributed by atoms with E-state index in [4.69, 9.17) is 0 Å². The summed E-state index contributed by atoms with van der Waals surface area (Å²) in [5.74, 6) is -1.35. The Labute approximate surface area is 191 Å². The molecule has 0 bridgehead atoms. The van der Waals surface area contributed by atoms with Gasteiger partial charge in [0, 0.05) is 25.3 Å². The summed E-state index contributed by atoms with van der Waals surface area (Å²) >= 11 is 0. The largest absolute Gasteiger partial charge is 0.357 e. The summed E-state index contributed by atoms with van der Waals surface area (Å²) in [5, 5.41) is 5.44. The second kappa shape index (κ2) is 11.4. The van der Waals surface area contributed by atoms with E-state index in [0.717, 1.165) is 11.1 Å². The van der Waals surface area contributed by atoms with E-state index in [1.807, 2.05) is 81.4 Å². The molecule has 2 rings (SSSR count). The van der Waals surface area contributed by atoms with Crippen LogP contribution < -0.4 is 10.6 Å². The highest BCUT2D eigenvalue weighted by molar-refractivity contribution is 7.57. The molecule has 32 heavy (non-hydrogen) atoms. The number of likely N-dealkylation sites (N-methyl/N-ethyl adjacent to an activating group) is 1. The predicted octanol–water partition coefficient (Wildman–Crippen LogP) is 3.98. The van der Waals surface area contributed by atoms with Gasteiger partial charge in [-0.3, -0.25) is 14.2 Å². The number of amides is 2. The minimum atomic E-state index is -3.62. The van der Waals surface area contributed by atoms with Gasteiger partial charge < -0.3 is 15.5 Å². The lowest BCUT2D eigenvalue weighted by Crippen LogP contribution is -2.54. The molecule has 0 spiro atoms. The van der Waals surface area contributed by atoms with Crippen molar-refractivity contribution < 1.29 is 19.0 Å². The second-order valence-corrected chi connectivity index (χ2v) is 11.7. The second-order valence-electron chi connectivity index (χ2n) is 9.32. The highest BCUT2D eigenvalue weighted by Gasteiger charge is 2.36. The number of carbonyl (C=O) groups excluding carboxylic acids is 2. The normalized spacial score (nSPS) is 15.3. The van der Waals surface area contributed by atoms with Gasteiger partial charge in [0.05, 0.1) is 0 Å². The van der Waals surface area contributed by atoms with E-state index in [0.29, 0.717) is 12.8 Å². The van der Waals surface area contributed by atoms with Crippen LogP contribution in [-0.2, 0) is 26.7 Å². The van der Waals surface area contributed by atoms with Crippen LogP contribution in [0.2, 0.25) is 0 Å². The van der Waals surface area contributed by atoms with Gasteiger partial charge in [0.2, 0.25) is 19.2 Å². The van der Waals surface area contributed by atoms with Crippen LogP contribution in [0.15, 0.2) is 60.7 Å². The predicted molar refractivity (Wildman–Crippen MR) is 129 cm³/mol. The zero-order valence-corrected chi connectivity index (χ0v) is 20.3. The number of hydrogen-bond acceptors (Lipinski definition) is 3. The quantitative estimate of drug-likeness (QED) is 0.469. The molecule has 0 saturated heterocycles. The zero-order valence-electron chi connectivity index (χ0n) is 19.4. The van der Waals surface area contributed by atoms with Gasteiger partial charge in [-0.05, 0) is 29.4 Å². The average Bonchev–Trinajstić information content (AvgIpc) is 2.74. The molecule has 2 aromatic rings. The van der Waals surface area contributed by atoms with Crippen molar-refractivity contribution in [3.63, 3.8) is 0 Å². The maximum Gasteiger partial charge on any atom is 0.242 e. The number of aryl methyl sites for hydroxylation is 1. The summed E-state index contributed by atoms with van der Waals surface area (Å²) in [7, 11) is -2.09. The molecule has 0 aliphatic heterocycles. The number of hydrogen-bond donors (Lipinski definition) is 3. The third kappa shape index (κ3) is 8.25. The molecule has 0 fully saturated rings. The standard InChI is InChI=1S/C25H35N2O4P/c1-25(2,3)22(24(29)26-4)27-23(28)21(16-15-19-11-7-5-8-12-19)18-32(30,31)17-20-13-9-6-10-14-20/h5-14,21-22H,15-18H2,1-4H3,(H,26,29)(H,27,28)(H,30,31)/t21?,22-/m0/s1. The molecule has 174 valence electrons. The molecule has 0 aliphatic rings. The van der Waals surface area contributed by atoms with E-state index in [1.165, 1.54) is 7.05 Å². The molecule has 2 aromatic carbocycles. The van der Waals surface area contributed by atoms with Crippen molar-refractivity contribution >= 4 is 19.2 Å². The van der Waals surface area contributed by atoms with Crippen LogP contribution in [0.25, 0.3) is 0 Å². The Morgan fingerprint density at radius 2 is 1.47 bits per heavy atom.